The van der Waals surface area contributed by atoms with Crippen LogP contribution in [-0.2, 0) is 16.1 Å². The van der Waals surface area contributed by atoms with Gasteiger partial charge in [-0.1, -0.05) is 17.7 Å². The van der Waals surface area contributed by atoms with Crippen LogP contribution in [0.3, 0.4) is 0 Å². The van der Waals surface area contributed by atoms with Crippen LogP contribution in [0.15, 0.2) is 42.5 Å². The molecule has 0 bridgehead atoms. The van der Waals surface area contributed by atoms with Crippen LogP contribution >= 0.6 is 0 Å². The lowest BCUT2D eigenvalue weighted by Gasteiger charge is -2.10. The molecule has 0 spiro atoms. The number of rotatable bonds is 9. The van der Waals surface area contributed by atoms with Gasteiger partial charge in [0.15, 0.2) is 23.9 Å². The van der Waals surface area contributed by atoms with Crippen LogP contribution in [-0.4, -0.2) is 47.6 Å². The van der Waals surface area contributed by atoms with Crippen molar-refractivity contribution in [3.8, 4) is 11.5 Å². The lowest BCUT2D eigenvalue weighted by Crippen LogP contribution is -2.30. The van der Waals surface area contributed by atoms with Crippen LogP contribution in [0.5, 0.6) is 11.5 Å². The number of nitrogen functional groups attached to an aromatic ring is 1. The summed E-state index contributed by atoms with van der Waals surface area (Å²) in [7, 11) is 2.96. The third-order valence-electron chi connectivity index (χ3n) is 4.41. The lowest BCUT2D eigenvalue weighted by atomic mass is 10.2. The van der Waals surface area contributed by atoms with Crippen LogP contribution in [0.25, 0.3) is 0 Å². The molecular formula is C22H24N6O5. The second-order valence-electron chi connectivity index (χ2n) is 6.84. The SMILES string of the molecule is COc1ccc(C(=O)NCC(=O)OCc2nc(N)nc(Nc3ccc(C)cc3)n2)cc1OC. The van der Waals surface area contributed by atoms with Crippen molar-refractivity contribution in [2.24, 2.45) is 0 Å². The maximum Gasteiger partial charge on any atom is 0.325 e. The van der Waals surface area contributed by atoms with Gasteiger partial charge in [0.2, 0.25) is 11.9 Å². The van der Waals surface area contributed by atoms with Gasteiger partial charge in [-0.25, -0.2) is 0 Å². The van der Waals surface area contributed by atoms with E-state index < -0.39 is 11.9 Å². The number of amides is 1. The van der Waals surface area contributed by atoms with Gasteiger partial charge in [0.25, 0.3) is 5.91 Å². The van der Waals surface area contributed by atoms with E-state index in [0.29, 0.717) is 17.1 Å². The molecule has 0 aliphatic carbocycles. The number of carbonyl (C=O) groups is 2. The molecule has 1 amide bonds. The van der Waals surface area contributed by atoms with E-state index in [4.69, 9.17) is 19.9 Å². The van der Waals surface area contributed by atoms with Gasteiger partial charge >= 0.3 is 5.97 Å². The highest BCUT2D eigenvalue weighted by molar-refractivity contribution is 5.96. The number of aromatic nitrogens is 3. The molecule has 4 N–H and O–H groups in total. The number of anilines is 3. The number of methoxy groups -OCH3 is 2. The molecule has 172 valence electrons. The molecule has 0 radical (unpaired) electrons. The summed E-state index contributed by atoms with van der Waals surface area (Å²) in [6.07, 6.45) is 0. The molecule has 3 aromatic rings. The average molecular weight is 452 g/mol. The Bertz CT molecular complexity index is 1140. The van der Waals surface area contributed by atoms with E-state index in [-0.39, 0.29) is 30.9 Å². The van der Waals surface area contributed by atoms with Crippen LogP contribution in [0.1, 0.15) is 21.7 Å². The van der Waals surface area contributed by atoms with Crippen molar-refractivity contribution in [1.82, 2.24) is 20.3 Å². The Balaban J connectivity index is 1.53. The van der Waals surface area contributed by atoms with E-state index in [0.717, 1.165) is 11.3 Å². The van der Waals surface area contributed by atoms with Crippen molar-refractivity contribution >= 4 is 29.5 Å². The standard InChI is InChI=1S/C22H24N6O5/c1-13-4-7-15(8-5-13)25-22-27-18(26-21(23)28-22)12-33-19(29)11-24-20(30)14-6-9-16(31-2)17(10-14)32-3/h4-10H,11-12H2,1-3H3,(H,24,30)(H3,23,25,26,27,28). The number of esters is 1. The van der Waals surface area contributed by atoms with Crippen molar-refractivity contribution in [2.75, 3.05) is 31.8 Å². The van der Waals surface area contributed by atoms with Crippen molar-refractivity contribution in [3.63, 3.8) is 0 Å². The largest absolute Gasteiger partial charge is 0.493 e. The quantitative estimate of drug-likeness (QED) is 0.411. The van der Waals surface area contributed by atoms with E-state index in [9.17, 15) is 9.59 Å². The Labute approximate surface area is 190 Å². The predicted molar refractivity (Wildman–Crippen MR) is 120 cm³/mol. The fourth-order valence-electron chi connectivity index (χ4n) is 2.75. The summed E-state index contributed by atoms with van der Waals surface area (Å²) in [5, 5.41) is 5.50. The van der Waals surface area contributed by atoms with Crippen LogP contribution < -0.4 is 25.8 Å². The smallest absolute Gasteiger partial charge is 0.325 e. The normalized spacial score (nSPS) is 10.3. The van der Waals surface area contributed by atoms with Gasteiger partial charge in [-0.3, -0.25) is 9.59 Å². The number of carbonyl (C=O) groups excluding carboxylic acids is 2. The first-order valence-electron chi connectivity index (χ1n) is 9.88. The summed E-state index contributed by atoms with van der Waals surface area (Å²) in [6.45, 7) is 1.40. The number of nitrogens with one attached hydrogen (secondary N) is 2. The third-order valence-corrected chi connectivity index (χ3v) is 4.41. The zero-order valence-electron chi connectivity index (χ0n) is 18.4. The Morgan fingerprint density at radius 3 is 2.39 bits per heavy atom. The molecule has 0 atom stereocenters. The molecule has 0 saturated carbocycles. The number of aryl methyl sites for hydroxylation is 1. The minimum atomic E-state index is -0.671. The second-order valence-corrected chi connectivity index (χ2v) is 6.84. The molecule has 11 heteroatoms. The third kappa shape index (κ3) is 6.53. The van der Waals surface area contributed by atoms with E-state index in [1.54, 1.807) is 12.1 Å². The first-order chi connectivity index (χ1) is 15.9. The summed E-state index contributed by atoms with van der Waals surface area (Å²) in [4.78, 5) is 36.6. The van der Waals surface area contributed by atoms with Crippen LogP contribution in [0.2, 0.25) is 0 Å². The first kappa shape index (κ1) is 23.3. The second kappa shape index (κ2) is 10.8. The van der Waals surface area contributed by atoms with Gasteiger partial charge in [-0.05, 0) is 37.3 Å². The molecule has 0 unspecified atom stereocenters. The van der Waals surface area contributed by atoms with E-state index in [1.165, 1.54) is 20.3 Å². The minimum absolute atomic E-state index is 0.0209. The van der Waals surface area contributed by atoms with Crippen LogP contribution in [0.4, 0.5) is 17.6 Å². The monoisotopic (exact) mass is 452 g/mol. The minimum Gasteiger partial charge on any atom is -0.493 e. The maximum atomic E-state index is 12.3. The molecule has 0 fully saturated rings. The van der Waals surface area contributed by atoms with Crippen LogP contribution in [0, 0.1) is 6.92 Å². The fraction of sp³-hybridized carbons (Fsp3) is 0.227. The molecule has 1 aromatic heterocycles. The molecule has 0 saturated heterocycles. The highest BCUT2D eigenvalue weighted by Crippen LogP contribution is 2.27. The topological polar surface area (TPSA) is 151 Å². The van der Waals surface area contributed by atoms with Crippen molar-refractivity contribution < 1.29 is 23.8 Å². The van der Waals surface area contributed by atoms with E-state index in [1.807, 2.05) is 31.2 Å². The molecule has 11 nitrogen and oxygen atoms in total. The van der Waals surface area contributed by atoms with Gasteiger partial charge in [-0.15, -0.1) is 0 Å². The zero-order chi connectivity index (χ0) is 23.8. The predicted octanol–water partition coefficient (Wildman–Crippen LogP) is 2.00. The Morgan fingerprint density at radius 1 is 0.970 bits per heavy atom. The van der Waals surface area contributed by atoms with Crippen molar-refractivity contribution in [3.05, 3.63) is 59.4 Å². The molecule has 0 aliphatic heterocycles. The van der Waals surface area contributed by atoms with E-state index >= 15 is 0 Å². The first-order valence-corrected chi connectivity index (χ1v) is 9.88. The van der Waals surface area contributed by atoms with Gasteiger partial charge in [0.05, 0.1) is 14.2 Å². The molecular weight excluding hydrogens is 428 g/mol. The van der Waals surface area contributed by atoms with Gasteiger partial charge in [0, 0.05) is 11.3 Å². The highest BCUT2D eigenvalue weighted by atomic mass is 16.5. The Hall–Kier alpha value is -4.41. The van der Waals surface area contributed by atoms with Gasteiger partial charge in [-0.2, -0.15) is 15.0 Å². The number of nitrogens with zero attached hydrogens (tertiary/aromatic N) is 3. The average Bonchev–Trinajstić information content (AvgIpc) is 2.81. The number of hydrogen-bond donors (Lipinski definition) is 3. The lowest BCUT2D eigenvalue weighted by molar-refractivity contribution is -0.143. The molecule has 3 rings (SSSR count). The number of ether oxygens (including phenoxy) is 3. The summed E-state index contributed by atoms with van der Waals surface area (Å²) >= 11 is 0. The summed E-state index contributed by atoms with van der Waals surface area (Å²) in [5.74, 6) is 0.109. The van der Waals surface area contributed by atoms with Gasteiger partial charge in [0.1, 0.15) is 6.54 Å². The Kier molecular flexibility index (Phi) is 7.58. The number of hydrogen-bond acceptors (Lipinski definition) is 10. The van der Waals surface area contributed by atoms with Gasteiger partial charge < -0.3 is 30.6 Å². The summed E-state index contributed by atoms with van der Waals surface area (Å²) in [6, 6.07) is 12.3. The molecule has 0 aliphatic rings. The number of nitrogens with two attached hydrogens (primary N) is 1. The van der Waals surface area contributed by atoms with Crippen molar-refractivity contribution in [2.45, 2.75) is 13.5 Å². The summed E-state index contributed by atoms with van der Waals surface area (Å²) in [5.41, 5.74) is 7.92. The fourth-order valence-corrected chi connectivity index (χ4v) is 2.75. The Morgan fingerprint density at radius 2 is 1.70 bits per heavy atom. The summed E-state index contributed by atoms with van der Waals surface area (Å²) < 4.78 is 15.4. The highest BCUT2D eigenvalue weighted by Gasteiger charge is 2.13. The molecule has 33 heavy (non-hydrogen) atoms. The van der Waals surface area contributed by atoms with E-state index in [2.05, 4.69) is 25.6 Å². The molecule has 2 aromatic carbocycles. The molecule has 1 heterocycles. The zero-order valence-corrected chi connectivity index (χ0v) is 18.4. The maximum absolute atomic E-state index is 12.3. The van der Waals surface area contributed by atoms with Crippen molar-refractivity contribution in [1.29, 1.82) is 0 Å². The number of benzene rings is 2.